The normalized spacial score (nSPS) is 14.8. The Hall–Kier alpha value is -2.20. The van der Waals surface area contributed by atoms with Gasteiger partial charge in [-0.15, -0.1) is 0 Å². The topological polar surface area (TPSA) is 85.1 Å². The highest BCUT2D eigenvalue weighted by Gasteiger charge is 2.49. The van der Waals surface area contributed by atoms with Crippen molar-refractivity contribution < 1.29 is 26.7 Å². The molecule has 0 amide bonds. The van der Waals surface area contributed by atoms with Gasteiger partial charge in [-0.05, 0) is 17.7 Å². The van der Waals surface area contributed by atoms with Gasteiger partial charge in [0.1, 0.15) is 12.7 Å². The zero-order valence-electron chi connectivity index (χ0n) is 13.6. The van der Waals surface area contributed by atoms with Crippen molar-refractivity contribution in [2.45, 2.75) is 32.5 Å². The van der Waals surface area contributed by atoms with Gasteiger partial charge < -0.3 is 5.11 Å². The van der Waals surface area contributed by atoms with Gasteiger partial charge in [-0.1, -0.05) is 32.9 Å². The van der Waals surface area contributed by atoms with Gasteiger partial charge in [0, 0.05) is 5.41 Å². The summed E-state index contributed by atoms with van der Waals surface area (Å²) < 4.78 is 62.8. The fourth-order valence-corrected chi connectivity index (χ4v) is 3.37. The number of aliphatic hydroxyl groups is 1. The second kappa shape index (κ2) is 6.26. The second-order valence-electron chi connectivity index (χ2n) is 6.42. The van der Waals surface area contributed by atoms with E-state index in [0.717, 1.165) is 41.6 Å². The smallest absolute Gasteiger partial charge is 0.377 e. The lowest BCUT2D eigenvalue weighted by Gasteiger charge is -2.40. The van der Waals surface area contributed by atoms with Gasteiger partial charge in [0.25, 0.3) is 0 Å². The van der Waals surface area contributed by atoms with Crippen LogP contribution in [0, 0.1) is 5.41 Å². The van der Waals surface area contributed by atoms with Crippen LogP contribution in [0.2, 0.25) is 0 Å². The summed E-state index contributed by atoms with van der Waals surface area (Å²) in [5.41, 5.74) is -4.15. The molecule has 0 fully saturated rings. The number of halogens is 3. The van der Waals surface area contributed by atoms with Crippen molar-refractivity contribution in [3.05, 3.63) is 48.0 Å². The van der Waals surface area contributed by atoms with Crippen LogP contribution in [-0.2, 0) is 22.1 Å². The van der Waals surface area contributed by atoms with Crippen LogP contribution in [0.1, 0.15) is 31.9 Å². The first-order valence-corrected chi connectivity index (χ1v) is 8.18. The molecule has 0 saturated carbocycles. The first kappa shape index (κ1) is 19.1. The third-order valence-electron chi connectivity index (χ3n) is 3.81. The Morgan fingerprint density at radius 1 is 1.08 bits per heavy atom. The van der Waals surface area contributed by atoms with Gasteiger partial charge >= 0.3 is 6.18 Å². The Morgan fingerprint density at radius 3 is 1.96 bits per heavy atom. The van der Waals surface area contributed by atoms with Gasteiger partial charge in [-0.25, -0.2) is 9.67 Å². The fraction of sp³-hybridized carbons (Fsp3) is 0.400. The van der Waals surface area contributed by atoms with E-state index in [1.165, 1.54) is 0 Å². The lowest BCUT2D eigenvalue weighted by Crippen LogP contribution is -2.50. The third kappa shape index (κ3) is 3.45. The molecule has 0 spiro atoms. The lowest BCUT2D eigenvalue weighted by atomic mass is 9.72. The van der Waals surface area contributed by atoms with Crippen molar-refractivity contribution in [2.24, 2.45) is 5.41 Å². The second-order valence-corrected chi connectivity index (χ2v) is 7.27. The monoisotopic (exact) mass is 375 g/mol. The zero-order chi connectivity index (χ0) is 19.0. The molecule has 2 rings (SSSR count). The predicted octanol–water partition coefficient (Wildman–Crippen LogP) is 2.09. The van der Waals surface area contributed by atoms with Crippen LogP contribution in [0.15, 0.2) is 36.9 Å². The summed E-state index contributed by atoms with van der Waals surface area (Å²) in [6.07, 6.45) is -2.37. The average molecular weight is 375 g/mol. The Morgan fingerprint density at radius 2 is 1.60 bits per heavy atom. The molecule has 0 radical (unpaired) electrons. The van der Waals surface area contributed by atoms with Crippen LogP contribution in [0.5, 0.6) is 0 Å². The van der Waals surface area contributed by atoms with E-state index in [1.807, 2.05) is 0 Å². The van der Waals surface area contributed by atoms with Crippen molar-refractivity contribution in [1.82, 2.24) is 14.8 Å². The van der Waals surface area contributed by atoms with Crippen molar-refractivity contribution in [3.63, 3.8) is 0 Å². The molecule has 10 heteroatoms. The quantitative estimate of drug-likeness (QED) is 0.813. The first-order valence-electron chi connectivity index (χ1n) is 7.11. The summed E-state index contributed by atoms with van der Waals surface area (Å²) in [5.74, 6) is 0. The van der Waals surface area contributed by atoms with E-state index < -0.39 is 38.0 Å². The summed E-state index contributed by atoms with van der Waals surface area (Å²) in [4.78, 5) is 3.13. The SMILES string of the molecule is CC(C)(C)[C@](O)(C(n1cncn1)=S(=O)=O)c1ccc(C(F)(F)F)cc1. The Kier molecular flexibility index (Phi) is 4.79. The molecular weight excluding hydrogens is 359 g/mol. The van der Waals surface area contributed by atoms with Crippen LogP contribution in [0.25, 0.3) is 0 Å². The summed E-state index contributed by atoms with van der Waals surface area (Å²) in [6.45, 7) is 4.69. The first-order chi connectivity index (χ1) is 11.4. The number of alkyl halides is 3. The minimum atomic E-state index is -4.54. The lowest BCUT2D eigenvalue weighted by molar-refractivity contribution is -0.137. The molecule has 2 aromatic rings. The molecule has 1 atom stereocenters. The van der Waals surface area contributed by atoms with E-state index in [9.17, 15) is 26.7 Å². The molecule has 0 aliphatic heterocycles. The van der Waals surface area contributed by atoms with Crippen LogP contribution in [-0.4, -0.2) is 33.3 Å². The molecule has 0 aliphatic rings. The molecule has 0 aliphatic carbocycles. The molecule has 1 heterocycles. The predicted molar refractivity (Wildman–Crippen MR) is 84.1 cm³/mol. The fourth-order valence-electron chi connectivity index (χ4n) is 2.45. The largest absolute Gasteiger partial charge is 0.416 e. The Balaban J connectivity index is 2.74. The third-order valence-corrected chi connectivity index (χ3v) is 4.61. The molecule has 0 saturated heterocycles. The highest BCUT2D eigenvalue weighted by molar-refractivity contribution is 7.73. The molecule has 0 bridgehead atoms. The minimum absolute atomic E-state index is 0.0114. The zero-order valence-corrected chi connectivity index (χ0v) is 14.4. The maximum absolute atomic E-state index is 12.8. The summed E-state index contributed by atoms with van der Waals surface area (Å²) >= 11 is 0. The van der Waals surface area contributed by atoms with Gasteiger partial charge in [0.2, 0.25) is 10.3 Å². The molecule has 0 unspecified atom stereocenters. The van der Waals surface area contributed by atoms with Gasteiger partial charge in [0.05, 0.1) is 5.56 Å². The van der Waals surface area contributed by atoms with Crippen molar-refractivity contribution in [2.75, 3.05) is 0 Å². The Bertz CT molecular complexity index is 875. The molecule has 25 heavy (non-hydrogen) atoms. The number of benzene rings is 1. The van der Waals surface area contributed by atoms with Crippen molar-refractivity contribution >= 4 is 15.3 Å². The standard InChI is InChI=1S/C15H16F3N3O3S/c1-13(2,3)14(22,12(25(23)24)21-9-19-8-20-21)10-4-6-11(7-5-10)15(16,17)18/h4-9,22H,1-3H3/t14-/m1/s1. The number of rotatable bonds is 2. The minimum Gasteiger partial charge on any atom is -0.377 e. The van der Waals surface area contributed by atoms with Crippen LogP contribution < -0.4 is 0 Å². The van der Waals surface area contributed by atoms with Gasteiger partial charge in [-0.3, -0.25) is 0 Å². The molecule has 136 valence electrons. The molecular formula is C15H16F3N3O3S. The van der Waals surface area contributed by atoms with E-state index in [1.54, 1.807) is 20.8 Å². The van der Waals surface area contributed by atoms with Gasteiger partial charge in [-0.2, -0.15) is 26.7 Å². The van der Waals surface area contributed by atoms with E-state index in [0.29, 0.717) is 0 Å². The summed E-state index contributed by atoms with van der Waals surface area (Å²) in [5, 5.41) is 15.1. The van der Waals surface area contributed by atoms with Crippen LogP contribution in [0.4, 0.5) is 13.2 Å². The highest BCUT2D eigenvalue weighted by atomic mass is 32.2. The average Bonchev–Trinajstić information content (AvgIpc) is 2.98. The van der Waals surface area contributed by atoms with Crippen molar-refractivity contribution in [3.8, 4) is 0 Å². The number of hydrogen-bond acceptors (Lipinski definition) is 5. The molecule has 1 aromatic carbocycles. The molecule has 6 nitrogen and oxygen atoms in total. The molecule has 1 N–H and O–H groups in total. The van der Waals surface area contributed by atoms with E-state index in [4.69, 9.17) is 0 Å². The van der Waals surface area contributed by atoms with Crippen LogP contribution in [0.3, 0.4) is 0 Å². The van der Waals surface area contributed by atoms with E-state index in [2.05, 4.69) is 10.1 Å². The number of aromatic nitrogens is 3. The number of hydrogen-bond donors (Lipinski definition) is 1. The van der Waals surface area contributed by atoms with Gasteiger partial charge in [0.15, 0.2) is 10.6 Å². The number of nitrogens with zero attached hydrogens (tertiary/aromatic N) is 3. The summed E-state index contributed by atoms with van der Waals surface area (Å²) in [7, 11) is -2.92. The van der Waals surface area contributed by atoms with E-state index >= 15 is 0 Å². The Labute approximate surface area is 143 Å². The maximum atomic E-state index is 12.8. The highest BCUT2D eigenvalue weighted by Crippen LogP contribution is 2.41. The maximum Gasteiger partial charge on any atom is 0.416 e. The van der Waals surface area contributed by atoms with Crippen LogP contribution >= 0.6 is 0 Å². The van der Waals surface area contributed by atoms with E-state index in [-0.39, 0.29) is 5.56 Å². The molecule has 1 aromatic heterocycles. The van der Waals surface area contributed by atoms with Crippen molar-refractivity contribution in [1.29, 1.82) is 0 Å². The summed E-state index contributed by atoms with van der Waals surface area (Å²) in [6, 6.07) is 3.69.